The molecule has 0 radical (unpaired) electrons. The number of amides is 1. The van der Waals surface area contributed by atoms with Gasteiger partial charge in [-0.2, -0.15) is 8.42 Å². The predicted molar refractivity (Wildman–Crippen MR) is 155 cm³/mol. The Morgan fingerprint density at radius 2 is 1.79 bits per heavy atom. The Bertz CT molecular complexity index is 1490. The normalized spacial score (nSPS) is 17.2. The topological polar surface area (TPSA) is 140 Å². The second-order valence-electron chi connectivity index (χ2n) is 11.8. The van der Waals surface area contributed by atoms with Gasteiger partial charge in [0.1, 0.15) is 11.6 Å². The number of hydrogen-bond acceptors (Lipinski definition) is 9. The number of carbonyl (C=O) groups is 1. The predicted octanol–water partition coefficient (Wildman–Crippen LogP) is 4.78. The molecule has 1 aliphatic rings. The molecule has 39 heavy (non-hydrogen) atoms. The van der Waals surface area contributed by atoms with E-state index in [4.69, 9.17) is 15.5 Å². The molecule has 1 aliphatic heterocycles. The Balaban J connectivity index is 0.00000294. The van der Waals surface area contributed by atoms with Gasteiger partial charge in [0.2, 0.25) is 5.88 Å². The van der Waals surface area contributed by atoms with Crippen molar-refractivity contribution in [2.24, 2.45) is 11.3 Å². The lowest BCUT2D eigenvalue weighted by molar-refractivity contribution is 0.0981. The molecule has 0 saturated carbocycles. The summed E-state index contributed by atoms with van der Waals surface area (Å²) in [6, 6.07) is 12.9. The van der Waals surface area contributed by atoms with E-state index in [0.717, 1.165) is 6.42 Å². The molecule has 1 atom stereocenters. The van der Waals surface area contributed by atoms with Gasteiger partial charge in [-0.15, -0.1) is 0 Å². The van der Waals surface area contributed by atoms with E-state index >= 15 is 0 Å². The Labute approximate surface area is 233 Å². The van der Waals surface area contributed by atoms with Gasteiger partial charge >= 0.3 is 0 Å². The largest absolute Gasteiger partial charge is 0.477 e. The number of aromatic nitrogens is 3. The van der Waals surface area contributed by atoms with Gasteiger partial charge in [0, 0.05) is 21.0 Å². The molecule has 0 aliphatic carbocycles. The minimum Gasteiger partial charge on any atom is -0.477 e. The van der Waals surface area contributed by atoms with E-state index in [1.165, 1.54) is 18.2 Å². The second kappa shape index (κ2) is 10.4. The van der Waals surface area contributed by atoms with Crippen molar-refractivity contribution in [2.45, 2.75) is 58.5 Å². The van der Waals surface area contributed by atoms with Crippen LogP contribution in [0, 0.1) is 11.3 Å². The number of rotatable bonds is 7. The molecule has 0 unspecified atom stereocenters. The van der Waals surface area contributed by atoms with Gasteiger partial charge in [0.25, 0.3) is 15.9 Å². The molecular formula is C28H40N6O4S. The van der Waals surface area contributed by atoms with Crippen LogP contribution >= 0.6 is 0 Å². The van der Waals surface area contributed by atoms with E-state index < -0.39 is 15.9 Å². The summed E-state index contributed by atoms with van der Waals surface area (Å²) in [5.41, 5.74) is 6.57. The first kappa shape index (κ1) is 28.3. The van der Waals surface area contributed by atoms with Crippen LogP contribution in [0.2, 0.25) is 0 Å². The number of pyridine rings is 3. The maximum Gasteiger partial charge on any atom is 0.281 e. The summed E-state index contributed by atoms with van der Waals surface area (Å²) in [5.74, 6) is 0.445. The van der Waals surface area contributed by atoms with E-state index in [2.05, 4.69) is 61.1 Å². The number of nitrogens with one attached hydrogen (secondary N) is 1. The minimum absolute atomic E-state index is 0. The summed E-state index contributed by atoms with van der Waals surface area (Å²) in [4.78, 5) is 28.8. The number of carbonyl (C=O) groups excluding carboxylic acids is 1. The minimum atomic E-state index is -4.26. The number of nitrogens with zero attached hydrogens (tertiary/aromatic N) is 4. The highest BCUT2D eigenvalue weighted by Crippen LogP contribution is 2.38. The average Bonchev–Trinajstić information content (AvgIpc) is 3.13. The van der Waals surface area contributed by atoms with Crippen molar-refractivity contribution >= 4 is 27.6 Å². The maximum absolute atomic E-state index is 13.4. The van der Waals surface area contributed by atoms with Crippen molar-refractivity contribution in [3.8, 4) is 17.3 Å². The van der Waals surface area contributed by atoms with Crippen molar-refractivity contribution in [1.29, 1.82) is 0 Å². The number of anilines is 2. The lowest BCUT2D eigenvalue weighted by Crippen LogP contribution is -2.41. The molecule has 11 heteroatoms. The van der Waals surface area contributed by atoms with Gasteiger partial charge in [-0.25, -0.2) is 19.7 Å². The molecule has 4 heterocycles. The lowest BCUT2D eigenvalue weighted by Gasteiger charge is -2.34. The van der Waals surface area contributed by atoms with Gasteiger partial charge in [0.05, 0.1) is 23.6 Å². The van der Waals surface area contributed by atoms with Gasteiger partial charge < -0.3 is 15.4 Å². The second-order valence-corrected chi connectivity index (χ2v) is 13.5. The highest BCUT2D eigenvalue weighted by atomic mass is 32.2. The summed E-state index contributed by atoms with van der Waals surface area (Å²) < 4.78 is 33.9. The molecule has 1 fully saturated rings. The third-order valence-electron chi connectivity index (χ3n) is 6.33. The summed E-state index contributed by atoms with van der Waals surface area (Å²) in [6.07, 6.45) is 0.889. The monoisotopic (exact) mass is 556 g/mol. The molecule has 3 N–H and O–H groups in total. The summed E-state index contributed by atoms with van der Waals surface area (Å²) >= 11 is 0. The van der Waals surface area contributed by atoms with Crippen LogP contribution in [-0.2, 0) is 10.0 Å². The van der Waals surface area contributed by atoms with Crippen LogP contribution < -0.4 is 20.1 Å². The molecule has 10 nitrogen and oxygen atoms in total. The molecule has 0 spiro atoms. The summed E-state index contributed by atoms with van der Waals surface area (Å²) in [6.45, 7) is 13.7. The Morgan fingerprint density at radius 3 is 2.44 bits per heavy atom. The van der Waals surface area contributed by atoms with Gasteiger partial charge in [0.15, 0.2) is 5.03 Å². The fourth-order valence-electron chi connectivity index (χ4n) is 4.67. The summed E-state index contributed by atoms with van der Waals surface area (Å²) in [5, 5.41) is -0.339. The first-order valence-electron chi connectivity index (χ1n) is 12.8. The van der Waals surface area contributed by atoms with Crippen molar-refractivity contribution in [3.63, 3.8) is 0 Å². The number of hydrogen-bond donors (Lipinski definition) is 2. The third-order valence-corrected chi connectivity index (χ3v) is 7.57. The van der Waals surface area contributed by atoms with Gasteiger partial charge in [-0.1, -0.05) is 39.8 Å². The standard InChI is InChI=1S/C28H36N6O4S.2H2/c1-18-15-28(5,6)34(16-18)25-19(26(35)33-39(36,37)24-12-8-10-22(29)32-24)13-14-21(31-25)20-9-7-11-23(30-20)38-17-27(2,3)4;;/h7-14,18H,15-17H2,1-6H3,(H2,29,32)(H,33,35);2*1H/t18-;;/m0../s1. The Kier molecular flexibility index (Phi) is 7.57. The Hall–Kier alpha value is -3.73. The van der Waals surface area contributed by atoms with Crippen molar-refractivity contribution in [2.75, 3.05) is 23.8 Å². The number of nitrogens with two attached hydrogens (primary N) is 1. The van der Waals surface area contributed by atoms with E-state index in [9.17, 15) is 13.2 Å². The highest BCUT2D eigenvalue weighted by molar-refractivity contribution is 7.90. The SMILES string of the molecule is C[C@@H]1CN(c2nc(-c3cccc(OCC(C)(C)C)n3)ccc2C(=O)NS(=O)(=O)c2cccc(N)n2)C(C)(C)C1.[HH].[HH]. The molecule has 1 saturated heterocycles. The first-order chi connectivity index (χ1) is 18.1. The molecular weight excluding hydrogens is 516 g/mol. The van der Waals surface area contributed by atoms with E-state index in [1.54, 1.807) is 18.2 Å². The summed E-state index contributed by atoms with van der Waals surface area (Å²) in [7, 11) is -4.26. The molecule has 212 valence electrons. The highest BCUT2D eigenvalue weighted by Gasteiger charge is 2.39. The maximum atomic E-state index is 13.4. The van der Waals surface area contributed by atoms with E-state index in [-0.39, 0.29) is 30.2 Å². The van der Waals surface area contributed by atoms with Crippen LogP contribution in [0.15, 0.2) is 53.6 Å². The molecule has 1 amide bonds. The zero-order valence-corrected chi connectivity index (χ0v) is 24.0. The van der Waals surface area contributed by atoms with Crippen molar-refractivity contribution < 1.29 is 20.8 Å². The van der Waals surface area contributed by atoms with Crippen LogP contribution in [0.25, 0.3) is 11.4 Å². The van der Waals surface area contributed by atoms with E-state index in [0.29, 0.717) is 42.2 Å². The van der Waals surface area contributed by atoms with Gasteiger partial charge in [-0.3, -0.25) is 4.79 Å². The lowest BCUT2D eigenvalue weighted by atomic mass is 9.97. The van der Waals surface area contributed by atoms with Crippen LogP contribution in [0.4, 0.5) is 11.6 Å². The Morgan fingerprint density at radius 1 is 1.10 bits per heavy atom. The zero-order valence-electron chi connectivity index (χ0n) is 23.2. The first-order valence-corrected chi connectivity index (χ1v) is 14.3. The molecule has 3 aromatic heterocycles. The average molecular weight is 557 g/mol. The molecule has 0 aromatic carbocycles. The fourth-order valence-corrected chi connectivity index (χ4v) is 5.61. The van der Waals surface area contributed by atoms with E-state index in [1.807, 2.05) is 12.1 Å². The number of ether oxygens (including phenoxy) is 1. The van der Waals surface area contributed by atoms with Gasteiger partial charge in [-0.05, 0) is 61.9 Å². The smallest absolute Gasteiger partial charge is 0.281 e. The third kappa shape index (κ3) is 6.65. The van der Waals surface area contributed by atoms with Crippen LogP contribution in [0.5, 0.6) is 5.88 Å². The van der Waals surface area contributed by atoms with Crippen molar-refractivity contribution in [3.05, 3.63) is 54.1 Å². The molecule has 4 rings (SSSR count). The van der Waals surface area contributed by atoms with Crippen LogP contribution in [0.3, 0.4) is 0 Å². The quantitative estimate of drug-likeness (QED) is 0.420. The fraction of sp³-hybridized carbons (Fsp3) is 0.429. The number of nitrogen functional groups attached to an aromatic ring is 1. The molecule has 0 bridgehead atoms. The van der Waals surface area contributed by atoms with Crippen LogP contribution in [-0.4, -0.2) is 48.0 Å². The van der Waals surface area contributed by atoms with Crippen LogP contribution in [0.1, 0.15) is 61.2 Å². The number of sulfonamides is 1. The molecule has 3 aromatic rings. The zero-order chi connectivity index (χ0) is 28.6. The van der Waals surface area contributed by atoms with Crippen molar-refractivity contribution in [1.82, 2.24) is 19.7 Å².